The SMILES string of the molecule is CC(C)c1nc(C(C)C)c(OS(=O)(=O)c2ccccc2)c(C(C)C)n1. The molecule has 2 aromatic rings. The van der Waals surface area contributed by atoms with Gasteiger partial charge in [-0.15, -0.1) is 0 Å². The van der Waals surface area contributed by atoms with Crippen LogP contribution in [0.4, 0.5) is 0 Å². The molecule has 0 aliphatic heterocycles. The zero-order chi connectivity index (χ0) is 18.8. The summed E-state index contributed by atoms with van der Waals surface area (Å²) in [7, 11) is -3.94. The van der Waals surface area contributed by atoms with Gasteiger partial charge in [-0.2, -0.15) is 8.42 Å². The van der Waals surface area contributed by atoms with Gasteiger partial charge >= 0.3 is 10.1 Å². The molecule has 0 aliphatic rings. The molecule has 0 saturated heterocycles. The molecule has 0 radical (unpaired) electrons. The van der Waals surface area contributed by atoms with E-state index in [9.17, 15) is 8.42 Å². The zero-order valence-electron chi connectivity index (χ0n) is 15.6. The van der Waals surface area contributed by atoms with E-state index in [1.807, 2.05) is 41.5 Å². The van der Waals surface area contributed by atoms with Crippen molar-refractivity contribution in [2.24, 2.45) is 0 Å². The first kappa shape index (κ1) is 19.4. The van der Waals surface area contributed by atoms with Gasteiger partial charge in [-0.25, -0.2) is 9.97 Å². The van der Waals surface area contributed by atoms with E-state index in [4.69, 9.17) is 4.18 Å². The Bertz CT molecular complexity index is 800. The number of hydrogen-bond acceptors (Lipinski definition) is 5. The highest BCUT2D eigenvalue weighted by atomic mass is 32.2. The van der Waals surface area contributed by atoms with Crippen molar-refractivity contribution in [3.63, 3.8) is 0 Å². The average Bonchev–Trinajstić information content (AvgIpc) is 2.54. The van der Waals surface area contributed by atoms with Crippen molar-refractivity contribution >= 4 is 10.1 Å². The Hall–Kier alpha value is -1.95. The second-order valence-corrected chi connectivity index (χ2v) is 8.54. The molecule has 1 aromatic carbocycles. The van der Waals surface area contributed by atoms with Crippen LogP contribution in [0.2, 0.25) is 0 Å². The maximum atomic E-state index is 12.7. The first-order valence-corrected chi connectivity index (χ1v) is 9.95. The number of rotatable bonds is 6. The molecule has 25 heavy (non-hydrogen) atoms. The third kappa shape index (κ3) is 4.37. The molecule has 1 aromatic heterocycles. The minimum absolute atomic E-state index is 0.0129. The lowest BCUT2D eigenvalue weighted by molar-refractivity contribution is 0.467. The fourth-order valence-electron chi connectivity index (χ4n) is 2.38. The molecule has 0 atom stereocenters. The van der Waals surface area contributed by atoms with Crippen LogP contribution in [-0.4, -0.2) is 18.4 Å². The third-order valence-electron chi connectivity index (χ3n) is 3.77. The fourth-order valence-corrected chi connectivity index (χ4v) is 3.35. The van der Waals surface area contributed by atoms with E-state index in [1.165, 1.54) is 12.1 Å². The van der Waals surface area contributed by atoms with E-state index in [-0.39, 0.29) is 28.4 Å². The third-order valence-corrected chi connectivity index (χ3v) is 5.01. The van der Waals surface area contributed by atoms with Gasteiger partial charge in [-0.1, -0.05) is 59.7 Å². The molecular formula is C19H26N2O3S. The molecule has 1 heterocycles. The normalized spacial score (nSPS) is 12.2. The Kier molecular flexibility index (Phi) is 5.83. The lowest BCUT2D eigenvalue weighted by atomic mass is 10.0. The molecule has 0 bridgehead atoms. The average molecular weight is 362 g/mol. The van der Waals surface area contributed by atoms with Crippen LogP contribution in [0.1, 0.15) is 76.5 Å². The molecule has 0 amide bonds. The second kappa shape index (κ2) is 7.52. The van der Waals surface area contributed by atoms with Crippen molar-refractivity contribution in [1.82, 2.24) is 9.97 Å². The van der Waals surface area contributed by atoms with E-state index in [1.54, 1.807) is 18.2 Å². The molecule has 5 nitrogen and oxygen atoms in total. The second-order valence-electron chi connectivity index (χ2n) is 7.00. The first-order valence-electron chi connectivity index (χ1n) is 8.54. The van der Waals surface area contributed by atoms with Crippen molar-refractivity contribution in [3.8, 4) is 5.75 Å². The highest BCUT2D eigenvalue weighted by molar-refractivity contribution is 7.87. The van der Waals surface area contributed by atoms with E-state index < -0.39 is 10.1 Å². The summed E-state index contributed by atoms with van der Waals surface area (Å²) < 4.78 is 30.9. The van der Waals surface area contributed by atoms with Gasteiger partial charge in [0.15, 0.2) is 5.75 Å². The molecular weight excluding hydrogens is 336 g/mol. The van der Waals surface area contributed by atoms with Gasteiger partial charge in [0, 0.05) is 5.92 Å². The molecule has 0 fully saturated rings. The predicted molar refractivity (Wildman–Crippen MR) is 98.6 cm³/mol. The van der Waals surface area contributed by atoms with Gasteiger partial charge in [0.05, 0.1) is 11.4 Å². The summed E-state index contributed by atoms with van der Waals surface area (Å²) in [6.45, 7) is 11.9. The molecule has 0 saturated carbocycles. The van der Waals surface area contributed by atoms with Gasteiger partial charge in [0.2, 0.25) is 0 Å². The Labute approximate surface area is 150 Å². The van der Waals surface area contributed by atoms with Crippen LogP contribution in [-0.2, 0) is 10.1 Å². The summed E-state index contributed by atoms with van der Waals surface area (Å²) in [4.78, 5) is 9.30. The Balaban J connectivity index is 2.63. The smallest absolute Gasteiger partial charge is 0.339 e. The number of aromatic nitrogens is 2. The van der Waals surface area contributed by atoms with Crippen molar-refractivity contribution in [2.45, 2.75) is 64.2 Å². The van der Waals surface area contributed by atoms with Crippen LogP contribution >= 0.6 is 0 Å². The van der Waals surface area contributed by atoms with Crippen LogP contribution in [0.5, 0.6) is 5.75 Å². The number of benzene rings is 1. The van der Waals surface area contributed by atoms with Crippen molar-refractivity contribution in [1.29, 1.82) is 0 Å². The largest absolute Gasteiger partial charge is 0.375 e. The van der Waals surface area contributed by atoms with Gasteiger partial charge < -0.3 is 4.18 Å². The van der Waals surface area contributed by atoms with Gasteiger partial charge in [-0.05, 0) is 24.0 Å². The van der Waals surface area contributed by atoms with Crippen LogP contribution in [0.3, 0.4) is 0 Å². The molecule has 136 valence electrons. The quantitative estimate of drug-likeness (QED) is 0.702. The molecule has 0 aliphatic carbocycles. The highest BCUT2D eigenvalue weighted by Crippen LogP contribution is 2.35. The van der Waals surface area contributed by atoms with Crippen LogP contribution in [0.25, 0.3) is 0 Å². The van der Waals surface area contributed by atoms with Crippen LogP contribution in [0, 0.1) is 0 Å². The van der Waals surface area contributed by atoms with E-state index in [2.05, 4.69) is 9.97 Å². The van der Waals surface area contributed by atoms with E-state index >= 15 is 0 Å². The van der Waals surface area contributed by atoms with Crippen molar-refractivity contribution in [3.05, 3.63) is 47.5 Å². The molecule has 0 N–H and O–H groups in total. The summed E-state index contributed by atoms with van der Waals surface area (Å²) in [6.07, 6.45) is 0. The zero-order valence-corrected chi connectivity index (χ0v) is 16.5. The minimum Gasteiger partial charge on any atom is -0.375 e. The number of hydrogen-bond donors (Lipinski definition) is 0. The summed E-state index contributed by atoms with van der Waals surface area (Å²) in [5, 5.41) is 0. The Morgan fingerprint density at radius 2 is 1.28 bits per heavy atom. The Morgan fingerprint density at radius 3 is 1.68 bits per heavy atom. The maximum Gasteiger partial charge on any atom is 0.339 e. The topological polar surface area (TPSA) is 69.2 Å². The molecule has 0 unspecified atom stereocenters. The monoisotopic (exact) mass is 362 g/mol. The van der Waals surface area contributed by atoms with Gasteiger partial charge in [0.25, 0.3) is 0 Å². The lowest BCUT2D eigenvalue weighted by Gasteiger charge is -2.20. The van der Waals surface area contributed by atoms with E-state index in [0.717, 1.165) is 0 Å². The Morgan fingerprint density at radius 1 is 0.800 bits per heavy atom. The van der Waals surface area contributed by atoms with E-state index in [0.29, 0.717) is 17.2 Å². The standard InChI is InChI=1S/C19H26N2O3S/c1-12(2)16-18(17(13(3)4)21-19(20-16)14(5)6)24-25(22,23)15-10-8-7-9-11-15/h7-14H,1-6H3. The maximum absolute atomic E-state index is 12.7. The van der Waals surface area contributed by atoms with Crippen molar-refractivity contribution < 1.29 is 12.6 Å². The number of nitrogens with zero attached hydrogens (tertiary/aromatic N) is 2. The highest BCUT2D eigenvalue weighted by Gasteiger charge is 2.26. The lowest BCUT2D eigenvalue weighted by Crippen LogP contribution is -2.17. The fraction of sp³-hybridized carbons (Fsp3) is 0.474. The van der Waals surface area contributed by atoms with Gasteiger partial charge in [-0.3, -0.25) is 0 Å². The summed E-state index contributed by atoms with van der Waals surface area (Å²) in [5.74, 6) is 1.14. The summed E-state index contributed by atoms with van der Waals surface area (Å²) >= 11 is 0. The summed E-state index contributed by atoms with van der Waals surface area (Å²) in [5.41, 5.74) is 1.25. The minimum atomic E-state index is -3.94. The van der Waals surface area contributed by atoms with Gasteiger partial charge in [0.1, 0.15) is 10.7 Å². The van der Waals surface area contributed by atoms with Crippen LogP contribution < -0.4 is 4.18 Å². The van der Waals surface area contributed by atoms with Crippen LogP contribution in [0.15, 0.2) is 35.2 Å². The molecule has 0 spiro atoms. The molecule has 2 rings (SSSR count). The molecule has 6 heteroatoms. The summed E-state index contributed by atoms with van der Waals surface area (Å²) in [6, 6.07) is 8.13. The predicted octanol–water partition coefficient (Wildman–Crippen LogP) is 4.61. The van der Waals surface area contributed by atoms with Crippen molar-refractivity contribution in [2.75, 3.05) is 0 Å². The first-order chi connectivity index (χ1) is 11.6.